The molecule has 0 heterocycles. The molecule has 0 amide bonds. The molecule has 1 unspecified atom stereocenters. The first kappa shape index (κ1) is 22.0. The van der Waals surface area contributed by atoms with Crippen LogP contribution in [0.4, 0.5) is 0 Å². The number of aliphatic carboxylic acids is 1. The lowest BCUT2D eigenvalue weighted by Gasteiger charge is -2.33. The molecule has 0 spiro atoms. The Bertz CT molecular complexity index is 572. The molecule has 0 radical (unpaired) electrons. The van der Waals surface area contributed by atoms with Crippen LogP contribution < -0.4 is 0 Å². The molecule has 1 aromatic rings. The Morgan fingerprint density at radius 3 is 2.59 bits per heavy atom. The van der Waals surface area contributed by atoms with Gasteiger partial charge in [-0.05, 0) is 73.6 Å². The first-order chi connectivity index (χ1) is 13.1. The first-order valence-corrected chi connectivity index (χ1v) is 10.9. The monoisotopic (exact) mass is 390 g/mol. The summed E-state index contributed by atoms with van der Waals surface area (Å²) in [6, 6.07) is 10.2. The van der Waals surface area contributed by atoms with Gasteiger partial charge in [-0.1, -0.05) is 61.8 Å². The van der Waals surface area contributed by atoms with Crippen LogP contribution in [0.5, 0.6) is 0 Å². The predicted octanol–water partition coefficient (Wildman–Crippen LogP) is 5.58. The molecule has 150 valence electrons. The van der Waals surface area contributed by atoms with Crippen molar-refractivity contribution in [3.05, 3.63) is 35.9 Å². The maximum atomic E-state index is 10.6. The van der Waals surface area contributed by atoms with Crippen LogP contribution in [0.2, 0.25) is 0 Å². The Hall–Kier alpha value is -1.26. The summed E-state index contributed by atoms with van der Waals surface area (Å²) in [6.45, 7) is 0. The molecule has 1 saturated carbocycles. The highest BCUT2D eigenvalue weighted by atomic mass is 32.1. The zero-order valence-electron chi connectivity index (χ0n) is 16.3. The van der Waals surface area contributed by atoms with E-state index in [-0.39, 0.29) is 12.5 Å². The third-order valence-electron chi connectivity index (χ3n) is 5.82. The highest BCUT2D eigenvalue weighted by Gasteiger charge is 2.28. The third kappa shape index (κ3) is 8.52. The molecule has 27 heavy (non-hydrogen) atoms. The lowest BCUT2D eigenvalue weighted by molar-refractivity contribution is -0.137. The molecule has 0 aliphatic heterocycles. The first-order valence-electron chi connectivity index (χ1n) is 10.5. The number of unbranched alkanes of at least 4 members (excludes halogenated alkanes) is 3. The van der Waals surface area contributed by atoms with Gasteiger partial charge in [0.1, 0.15) is 0 Å². The fraction of sp³-hybridized carbons (Fsp3) is 0.652. The molecule has 2 rings (SSSR count). The van der Waals surface area contributed by atoms with Crippen molar-refractivity contribution in [2.45, 2.75) is 83.2 Å². The summed E-state index contributed by atoms with van der Waals surface area (Å²) in [4.78, 5) is 11.8. The standard InChI is InChI=1S/C23H34O3S/c24-20(17-18-9-4-3-5-10-18)16-15-19-11-8-13-22(27)21(19)12-6-1-2-7-14-23(25)26/h3-5,9-10,19-21,24H,1-2,6-8,11-17H2,(H,25,26)/t19-,20?,21-/m1/s1. The van der Waals surface area contributed by atoms with E-state index >= 15 is 0 Å². The van der Waals surface area contributed by atoms with Gasteiger partial charge in [-0.2, -0.15) is 0 Å². The Labute approximate surface area is 169 Å². The summed E-state index contributed by atoms with van der Waals surface area (Å²) in [5, 5.41) is 19.1. The molecule has 4 heteroatoms. The molecule has 3 nitrogen and oxygen atoms in total. The van der Waals surface area contributed by atoms with Gasteiger partial charge < -0.3 is 10.2 Å². The number of carboxylic acid groups (broad SMARTS) is 1. The Kier molecular flexibility index (Phi) is 10.00. The number of carbonyl (C=O) groups is 1. The van der Waals surface area contributed by atoms with E-state index in [1.165, 1.54) is 23.3 Å². The van der Waals surface area contributed by atoms with Crippen molar-refractivity contribution in [3.8, 4) is 0 Å². The quantitative estimate of drug-likeness (QED) is 0.361. The fourth-order valence-electron chi connectivity index (χ4n) is 4.32. The van der Waals surface area contributed by atoms with Crippen molar-refractivity contribution in [1.29, 1.82) is 0 Å². The molecule has 1 fully saturated rings. The van der Waals surface area contributed by atoms with Crippen molar-refractivity contribution in [2.75, 3.05) is 0 Å². The average molecular weight is 391 g/mol. The second kappa shape index (κ2) is 12.2. The second-order valence-electron chi connectivity index (χ2n) is 7.99. The van der Waals surface area contributed by atoms with Gasteiger partial charge in [0.25, 0.3) is 0 Å². The molecule has 3 atom stereocenters. The molecular weight excluding hydrogens is 356 g/mol. The van der Waals surface area contributed by atoms with Crippen LogP contribution in [-0.2, 0) is 11.2 Å². The number of benzene rings is 1. The van der Waals surface area contributed by atoms with Crippen molar-refractivity contribution in [2.24, 2.45) is 11.8 Å². The summed E-state index contributed by atoms with van der Waals surface area (Å²) < 4.78 is 0. The van der Waals surface area contributed by atoms with Gasteiger partial charge >= 0.3 is 5.97 Å². The van der Waals surface area contributed by atoms with Crippen molar-refractivity contribution >= 4 is 23.1 Å². The molecular formula is C23H34O3S. The van der Waals surface area contributed by atoms with E-state index in [2.05, 4.69) is 12.1 Å². The normalized spacial score (nSPS) is 21.1. The molecule has 0 aromatic heterocycles. The number of carboxylic acids is 1. The predicted molar refractivity (Wildman–Crippen MR) is 114 cm³/mol. The minimum absolute atomic E-state index is 0.278. The van der Waals surface area contributed by atoms with E-state index in [1.807, 2.05) is 18.2 Å². The summed E-state index contributed by atoms with van der Waals surface area (Å²) in [5.41, 5.74) is 1.20. The Balaban J connectivity index is 1.72. The number of aliphatic hydroxyl groups excluding tert-OH is 1. The molecule has 2 N–H and O–H groups in total. The highest BCUT2D eigenvalue weighted by Crippen LogP contribution is 2.35. The largest absolute Gasteiger partial charge is 0.481 e. The molecule has 0 bridgehead atoms. The van der Waals surface area contributed by atoms with Crippen LogP contribution in [0.1, 0.15) is 76.2 Å². The van der Waals surface area contributed by atoms with E-state index < -0.39 is 5.97 Å². The van der Waals surface area contributed by atoms with E-state index in [0.29, 0.717) is 11.8 Å². The minimum atomic E-state index is -0.697. The molecule has 1 aliphatic carbocycles. The highest BCUT2D eigenvalue weighted by molar-refractivity contribution is 7.80. The number of hydrogen-bond donors (Lipinski definition) is 2. The summed E-state index contributed by atoms with van der Waals surface area (Å²) in [7, 11) is 0. The average Bonchev–Trinajstić information content (AvgIpc) is 2.65. The SMILES string of the molecule is O=C(O)CCCCCC[C@H]1C(=S)CCC[C@@H]1CCC(O)Cc1ccccc1. The summed E-state index contributed by atoms with van der Waals surface area (Å²) >= 11 is 5.68. The van der Waals surface area contributed by atoms with Crippen LogP contribution in [0.15, 0.2) is 30.3 Å². The zero-order valence-corrected chi connectivity index (χ0v) is 17.1. The Morgan fingerprint density at radius 2 is 1.85 bits per heavy atom. The molecule has 1 aromatic carbocycles. The van der Waals surface area contributed by atoms with Crippen LogP contribution in [0.3, 0.4) is 0 Å². The smallest absolute Gasteiger partial charge is 0.303 e. The number of thiocarbonyl (C=S) groups is 1. The summed E-state index contributed by atoms with van der Waals surface area (Å²) in [6.07, 6.45) is 11.2. The van der Waals surface area contributed by atoms with Crippen LogP contribution in [-0.4, -0.2) is 27.2 Å². The zero-order chi connectivity index (χ0) is 19.5. The van der Waals surface area contributed by atoms with E-state index in [1.54, 1.807) is 0 Å². The van der Waals surface area contributed by atoms with E-state index in [4.69, 9.17) is 17.3 Å². The second-order valence-corrected chi connectivity index (χ2v) is 8.52. The maximum absolute atomic E-state index is 10.6. The van der Waals surface area contributed by atoms with Gasteiger partial charge in [0, 0.05) is 6.42 Å². The van der Waals surface area contributed by atoms with Gasteiger partial charge in [-0.15, -0.1) is 0 Å². The van der Waals surface area contributed by atoms with Crippen molar-refractivity contribution in [3.63, 3.8) is 0 Å². The van der Waals surface area contributed by atoms with Crippen LogP contribution in [0, 0.1) is 11.8 Å². The van der Waals surface area contributed by atoms with Crippen molar-refractivity contribution < 1.29 is 15.0 Å². The van der Waals surface area contributed by atoms with Crippen LogP contribution >= 0.6 is 12.2 Å². The van der Waals surface area contributed by atoms with Gasteiger partial charge in [0.15, 0.2) is 0 Å². The lowest BCUT2D eigenvalue weighted by atomic mass is 9.74. The van der Waals surface area contributed by atoms with Gasteiger partial charge in [-0.25, -0.2) is 0 Å². The van der Waals surface area contributed by atoms with Crippen molar-refractivity contribution in [1.82, 2.24) is 0 Å². The Morgan fingerprint density at radius 1 is 1.11 bits per heavy atom. The van der Waals surface area contributed by atoms with Gasteiger partial charge in [-0.3, -0.25) is 4.79 Å². The van der Waals surface area contributed by atoms with Gasteiger partial charge in [0.05, 0.1) is 6.10 Å². The van der Waals surface area contributed by atoms with E-state index in [9.17, 15) is 9.90 Å². The van der Waals surface area contributed by atoms with E-state index in [0.717, 1.165) is 57.8 Å². The topological polar surface area (TPSA) is 57.5 Å². The maximum Gasteiger partial charge on any atom is 0.303 e. The van der Waals surface area contributed by atoms with Crippen LogP contribution in [0.25, 0.3) is 0 Å². The number of rotatable bonds is 12. The minimum Gasteiger partial charge on any atom is -0.481 e. The summed E-state index contributed by atoms with van der Waals surface area (Å²) in [5.74, 6) is 0.422. The lowest BCUT2D eigenvalue weighted by Crippen LogP contribution is -2.28. The van der Waals surface area contributed by atoms with Gasteiger partial charge in [0.2, 0.25) is 0 Å². The molecule has 1 aliphatic rings. The number of aliphatic hydroxyl groups is 1. The third-order valence-corrected chi connectivity index (χ3v) is 6.33. The number of hydrogen-bond acceptors (Lipinski definition) is 3. The fourth-order valence-corrected chi connectivity index (χ4v) is 4.77. The molecule has 0 saturated heterocycles.